The van der Waals surface area contributed by atoms with Gasteiger partial charge in [-0.25, -0.2) is 4.39 Å². The number of nitrogens with zero attached hydrogens (tertiary/aromatic N) is 1. The molecule has 112 valence electrons. The molecule has 2 nitrogen and oxygen atoms in total. The van der Waals surface area contributed by atoms with Gasteiger partial charge in [0.25, 0.3) is 5.56 Å². The average molecular weight is 295 g/mol. The molecule has 0 radical (unpaired) electrons. The second kappa shape index (κ2) is 5.41. The van der Waals surface area contributed by atoms with E-state index in [-0.39, 0.29) is 17.3 Å². The number of halogens is 1. The van der Waals surface area contributed by atoms with Gasteiger partial charge in [0.1, 0.15) is 5.82 Å². The summed E-state index contributed by atoms with van der Waals surface area (Å²) in [5.41, 5.74) is 2.43. The van der Waals surface area contributed by atoms with E-state index in [0.717, 1.165) is 16.5 Å². The Balaban J connectivity index is 2.43. The summed E-state index contributed by atoms with van der Waals surface area (Å²) >= 11 is 0. The molecule has 3 aromatic rings. The Morgan fingerprint density at radius 3 is 2.41 bits per heavy atom. The van der Waals surface area contributed by atoms with Crippen molar-refractivity contribution in [3.05, 3.63) is 76.0 Å². The zero-order valence-corrected chi connectivity index (χ0v) is 12.9. The van der Waals surface area contributed by atoms with E-state index in [1.165, 1.54) is 12.1 Å². The highest BCUT2D eigenvalue weighted by Gasteiger charge is 2.13. The van der Waals surface area contributed by atoms with Gasteiger partial charge in [-0.1, -0.05) is 38.1 Å². The van der Waals surface area contributed by atoms with Crippen LogP contribution >= 0.6 is 0 Å². The van der Waals surface area contributed by atoms with Crippen LogP contribution in [0.15, 0.2) is 53.5 Å². The number of pyridine rings is 1. The van der Waals surface area contributed by atoms with Crippen molar-refractivity contribution in [1.82, 2.24) is 4.57 Å². The van der Waals surface area contributed by atoms with Gasteiger partial charge in [-0.2, -0.15) is 0 Å². The van der Waals surface area contributed by atoms with E-state index in [4.69, 9.17) is 0 Å². The molecule has 3 rings (SSSR count). The van der Waals surface area contributed by atoms with Gasteiger partial charge in [-0.3, -0.25) is 9.36 Å². The van der Waals surface area contributed by atoms with Crippen molar-refractivity contribution < 1.29 is 4.39 Å². The molecule has 2 aromatic carbocycles. The molecule has 0 saturated heterocycles. The van der Waals surface area contributed by atoms with Gasteiger partial charge in [0.05, 0.1) is 5.69 Å². The smallest absolute Gasteiger partial charge is 0.262 e. The lowest BCUT2D eigenvalue weighted by atomic mass is 9.98. The lowest BCUT2D eigenvalue weighted by molar-refractivity contribution is 0.625. The normalized spacial score (nSPS) is 11.3. The third-order valence-electron chi connectivity index (χ3n) is 4.01. The molecule has 1 heterocycles. The van der Waals surface area contributed by atoms with E-state index in [2.05, 4.69) is 13.8 Å². The Kier molecular flexibility index (Phi) is 3.57. The fraction of sp³-hybridized carbons (Fsp3) is 0.211. The minimum Gasteiger partial charge on any atom is -0.283 e. The van der Waals surface area contributed by atoms with E-state index in [9.17, 15) is 9.18 Å². The average Bonchev–Trinajstić information content (AvgIpc) is 2.50. The van der Waals surface area contributed by atoms with Crippen LogP contribution in [0.3, 0.4) is 0 Å². The summed E-state index contributed by atoms with van der Waals surface area (Å²) in [6, 6.07) is 12.1. The van der Waals surface area contributed by atoms with Gasteiger partial charge in [0, 0.05) is 11.6 Å². The number of hydrogen-bond donors (Lipinski definition) is 0. The van der Waals surface area contributed by atoms with Crippen molar-refractivity contribution in [2.24, 2.45) is 0 Å². The van der Waals surface area contributed by atoms with E-state index in [1.807, 2.05) is 37.4 Å². The minimum absolute atomic E-state index is 0.117. The highest BCUT2D eigenvalue weighted by Crippen LogP contribution is 2.25. The molecule has 1 aromatic heterocycles. The highest BCUT2D eigenvalue weighted by molar-refractivity contribution is 5.85. The molecule has 22 heavy (non-hydrogen) atoms. The molecule has 0 aliphatic carbocycles. The van der Waals surface area contributed by atoms with Crippen LogP contribution in [0.2, 0.25) is 0 Å². The predicted molar refractivity (Wildman–Crippen MR) is 88.3 cm³/mol. The molecule has 0 fully saturated rings. The molecular weight excluding hydrogens is 277 g/mol. The van der Waals surface area contributed by atoms with Crippen LogP contribution < -0.4 is 5.56 Å². The molecule has 0 spiro atoms. The van der Waals surface area contributed by atoms with Crippen LogP contribution in [0.4, 0.5) is 4.39 Å². The van der Waals surface area contributed by atoms with Crippen molar-refractivity contribution in [3.63, 3.8) is 0 Å². The van der Waals surface area contributed by atoms with Crippen molar-refractivity contribution in [1.29, 1.82) is 0 Å². The Labute approximate surface area is 128 Å². The van der Waals surface area contributed by atoms with E-state index < -0.39 is 0 Å². The first-order valence-electron chi connectivity index (χ1n) is 7.40. The monoisotopic (exact) mass is 295 g/mol. The topological polar surface area (TPSA) is 22.0 Å². The summed E-state index contributed by atoms with van der Waals surface area (Å²) in [6.07, 6.45) is 1.84. The van der Waals surface area contributed by atoms with Crippen LogP contribution in [0.5, 0.6) is 0 Å². The van der Waals surface area contributed by atoms with Gasteiger partial charge >= 0.3 is 0 Å². The van der Waals surface area contributed by atoms with Gasteiger partial charge in [-0.05, 0) is 47.6 Å². The number of aryl methyl sites for hydroxylation is 1. The summed E-state index contributed by atoms with van der Waals surface area (Å²) in [7, 11) is 0. The lowest BCUT2D eigenvalue weighted by Crippen LogP contribution is -2.20. The van der Waals surface area contributed by atoms with Crippen LogP contribution in [-0.4, -0.2) is 4.57 Å². The lowest BCUT2D eigenvalue weighted by Gasteiger charge is -2.16. The number of hydrogen-bond acceptors (Lipinski definition) is 1. The van der Waals surface area contributed by atoms with Crippen LogP contribution in [0.25, 0.3) is 16.5 Å². The maximum Gasteiger partial charge on any atom is 0.262 e. The van der Waals surface area contributed by atoms with Crippen LogP contribution in [0.1, 0.15) is 30.9 Å². The van der Waals surface area contributed by atoms with Crippen molar-refractivity contribution >= 4 is 10.8 Å². The quantitative estimate of drug-likeness (QED) is 0.679. The number of rotatable bonds is 2. The first-order valence-corrected chi connectivity index (χ1v) is 7.40. The Bertz CT molecular complexity index is 909. The molecule has 0 N–H and O–H groups in total. The SMILES string of the molecule is Cc1ccc(F)cc1-n1cc(C(C)C)c2ccccc2c1=O. The fourth-order valence-corrected chi connectivity index (χ4v) is 2.80. The fourth-order valence-electron chi connectivity index (χ4n) is 2.80. The summed E-state index contributed by atoms with van der Waals surface area (Å²) in [5, 5.41) is 1.63. The molecule has 0 aliphatic rings. The molecule has 0 bridgehead atoms. The molecular formula is C19H18FNO. The maximum atomic E-state index is 13.6. The second-order valence-corrected chi connectivity index (χ2v) is 5.89. The first kappa shape index (κ1) is 14.5. The molecule has 0 amide bonds. The predicted octanol–water partition coefficient (Wildman–Crippen LogP) is 4.56. The second-order valence-electron chi connectivity index (χ2n) is 5.89. The van der Waals surface area contributed by atoms with Crippen molar-refractivity contribution in [2.75, 3.05) is 0 Å². The Morgan fingerprint density at radius 2 is 1.73 bits per heavy atom. The van der Waals surface area contributed by atoms with E-state index in [0.29, 0.717) is 11.1 Å². The van der Waals surface area contributed by atoms with Gasteiger partial charge in [-0.15, -0.1) is 0 Å². The van der Waals surface area contributed by atoms with Gasteiger partial charge < -0.3 is 0 Å². The molecule has 3 heteroatoms. The van der Waals surface area contributed by atoms with Gasteiger partial charge in [0.2, 0.25) is 0 Å². The largest absolute Gasteiger partial charge is 0.283 e. The summed E-state index contributed by atoms with van der Waals surface area (Å²) < 4.78 is 15.2. The zero-order chi connectivity index (χ0) is 15.9. The van der Waals surface area contributed by atoms with Crippen molar-refractivity contribution in [2.45, 2.75) is 26.7 Å². The third-order valence-corrected chi connectivity index (χ3v) is 4.01. The summed E-state index contributed by atoms with van der Waals surface area (Å²) in [5.74, 6) is -0.0719. The van der Waals surface area contributed by atoms with Gasteiger partial charge in [0.15, 0.2) is 0 Å². The molecule has 0 unspecified atom stereocenters. The number of fused-ring (bicyclic) bond motifs is 1. The van der Waals surface area contributed by atoms with Crippen molar-refractivity contribution in [3.8, 4) is 5.69 Å². The zero-order valence-electron chi connectivity index (χ0n) is 12.9. The third kappa shape index (κ3) is 2.33. The molecule has 0 aliphatic heterocycles. The van der Waals surface area contributed by atoms with E-state index in [1.54, 1.807) is 10.6 Å². The minimum atomic E-state index is -0.341. The summed E-state index contributed by atoms with van der Waals surface area (Å²) in [6.45, 7) is 6.06. The highest BCUT2D eigenvalue weighted by atomic mass is 19.1. The standard InChI is InChI=1S/C19H18FNO/c1-12(2)17-11-21(18-10-14(20)9-8-13(18)3)19(22)16-7-5-4-6-15(16)17/h4-12H,1-3H3. The number of aromatic nitrogens is 1. The molecule has 0 atom stereocenters. The van der Waals surface area contributed by atoms with Crippen LogP contribution in [-0.2, 0) is 0 Å². The Morgan fingerprint density at radius 1 is 1.05 bits per heavy atom. The number of benzene rings is 2. The summed E-state index contributed by atoms with van der Waals surface area (Å²) in [4.78, 5) is 12.8. The molecule has 0 saturated carbocycles. The van der Waals surface area contributed by atoms with Crippen LogP contribution in [0, 0.1) is 12.7 Å². The maximum absolute atomic E-state index is 13.6. The first-order chi connectivity index (χ1) is 10.5. The Hall–Kier alpha value is -2.42. The van der Waals surface area contributed by atoms with E-state index >= 15 is 0 Å².